The van der Waals surface area contributed by atoms with Gasteiger partial charge in [0.05, 0.1) is 18.3 Å². The van der Waals surface area contributed by atoms with Crippen molar-refractivity contribution in [2.24, 2.45) is 0 Å². The molecule has 0 saturated carbocycles. The minimum atomic E-state index is 0.736. The molecule has 0 aliphatic heterocycles. The van der Waals surface area contributed by atoms with Gasteiger partial charge < -0.3 is 4.74 Å². The summed E-state index contributed by atoms with van der Waals surface area (Å²) in [6.45, 7) is 6.01. The average Bonchev–Trinajstić information content (AvgIpc) is 3.00. The van der Waals surface area contributed by atoms with Crippen LogP contribution >= 0.6 is 0 Å². The zero-order valence-corrected chi connectivity index (χ0v) is 14.0. The molecule has 1 aromatic carbocycles. The van der Waals surface area contributed by atoms with Gasteiger partial charge in [-0.05, 0) is 44.0 Å². The number of hydrogen-bond donors (Lipinski definition) is 0. The van der Waals surface area contributed by atoms with Crippen LogP contribution in [0.1, 0.15) is 16.8 Å². The van der Waals surface area contributed by atoms with Crippen molar-refractivity contribution in [1.29, 1.82) is 0 Å². The summed E-state index contributed by atoms with van der Waals surface area (Å²) >= 11 is 0. The molecule has 0 atom stereocenters. The highest BCUT2D eigenvalue weighted by Crippen LogP contribution is 2.31. The molecule has 0 saturated heterocycles. The first kappa shape index (κ1) is 14.6. The van der Waals surface area contributed by atoms with Gasteiger partial charge in [0.25, 0.3) is 0 Å². The molecule has 6 heteroatoms. The summed E-state index contributed by atoms with van der Waals surface area (Å²) in [5, 5.41) is 8.83. The van der Waals surface area contributed by atoms with E-state index in [0.29, 0.717) is 0 Å². The van der Waals surface area contributed by atoms with Gasteiger partial charge >= 0.3 is 0 Å². The van der Waals surface area contributed by atoms with Crippen LogP contribution in [-0.2, 0) is 0 Å². The van der Waals surface area contributed by atoms with Crippen LogP contribution in [0.4, 0.5) is 0 Å². The summed E-state index contributed by atoms with van der Waals surface area (Å²) in [7, 11) is 1.65. The largest absolute Gasteiger partial charge is 0.494 e. The number of aromatic nitrogens is 5. The van der Waals surface area contributed by atoms with Crippen molar-refractivity contribution in [2.75, 3.05) is 7.11 Å². The van der Waals surface area contributed by atoms with Crippen LogP contribution in [0.15, 0.2) is 30.6 Å². The van der Waals surface area contributed by atoms with Crippen molar-refractivity contribution >= 4 is 16.7 Å². The topological polar surface area (TPSA) is 65.2 Å². The zero-order chi connectivity index (χ0) is 16.8. The number of aryl methyl sites for hydroxylation is 3. The third kappa shape index (κ3) is 1.96. The molecule has 24 heavy (non-hydrogen) atoms. The average molecular weight is 319 g/mol. The molecule has 0 aliphatic carbocycles. The highest BCUT2D eigenvalue weighted by molar-refractivity contribution is 5.86. The molecule has 4 rings (SSSR count). The Morgan fingerprint density at radius 1 is 1.00 bits per heavy atom. The SMILES string of the molecule is COc1cccc2c1nc(C)c1nnc(-c3c(C)cncc3C)n12. The molecule has 0 N–H and O–H groups in total. The first-order chi connectivity index (χ1) is 11.6. The van der Waals surface area contributed by atoms with Gasteiger partial charge in [0.2, 0.25) is 0 Å². The van der Waals surface area contributed by atoms with Crippen LogP contribution in [0.25, 0.3) is 28.1 Å². The number of nitrogens with zero attached hydrogens (tertiary/aromatic N) is 5. The lowest BCUT2D eigenvalue weighted by atomic mass is 10.1. The van der Waals surface area contributed by atoms with Gasteiger partial charge in [0, 0.05) is 18.0 Å². The van der Waals surface area contributed by atoms with Gasteiger partial charge in [0.15, 0.2) is 11.5 Å². The summed E-state index contributed by atoms with van der Waals surface area (Å²) in [6, 6.07) is 5.87. The van der Waals surface area contributed by atoms with Gasteiger partial charge in [-0.15, -0.1) is 10.2 Å². The molecule has 4 aromatic rings. The zero-order valence-electron chi connectivity index (χ0n) is 14.0. The molecular formula is C18H17N5O. The Morgan fingerprint density at radius 2 is 1.75 bits per heavy atom. The fraction of sp³-hybridized carbons (Fsp3) is 0.222. The molecule has 0 amide bonds. The lowest BCUT2D eigenvalue weighted by Gasteiger charge is -2.11. The van der Waals surface area contributed by atoms with Crippen molar-refractivity contribution < 1.29 is 4.74 Å². The van der Waals surface area contributed by atoms with Gasteiger partial charge in [0.1, 0.15) is 11.3 Å². The maximum absolute atomic E-state index is 5.47. The fourth-order valence-electron chi connectivity index (χ4n) is 3.15. The fourth-order valence-corrected chi connectivity index (χ4v) is 3.15. The second kappa shape index (κ2) is 5.26. The second-order valence-electron chi connectivity index (χ2n) is 5.86. The molecule has 120 valence electrons. The maximum atomic E-state index is 5.47. The van der Waals surface area contributed by atoms with E-state index < -0.39 is 0 Å². The van der Waals surface area contributed by atoms with E-state index in [9.17, 15) is 0 Å². The lowest BCUT2D eigenvalue weighted by Crippen LogP contribution is -2.01. The molecule has 0 spiro atoms. The summed E-state index contributed by atoms with van der Waals surface area (Å²) in [4.78, 5) is 8.92. The number of fused-ring (bicyclic) bond motifs is 3. The molecule has 6 nitrogen and oxygen atoms in total. The van der Waals surface area contributed by atoms with E-state index in [1.807, 2.05) is 51.4 Å². The van der Waals surface area contributed by atoms with Gasteiger partial charge in [-0.1, -0.05) is 6.07 Å². The van der Waals surface area contributed by atoms with Crippen LogP contribution in [0.5, 0.6) is 5.75 Å². The number of benzene rings is 1. The van der Waals surface area contributed by atoms with Gasteiger partial charge in [-0.25, -0.2) is 4.98 Å². The van der Waals surface area contributed by atoms with Crippen LogP contribution in [0.3, 0.4) is 0 Å². The molecule has 3 heterocycles. The van der Waals surface area contributed by atoms with E-state index in [2.05, 4.69) is 24.6 Å². The predicted molar refractivity (Wildman–Crippen MR) is 92.3 cm³/mol. The number of rotatable bonds is 2. The minimum absolute atomic E-state index is 0.736. The minimum Gasteiger partial charge on any atom is -0.494 e. The summed E-state index contributed by atoms with van der Waals surface area (Å²) in [6.07, 6.45) is 3.69. The molecule has 0 aliphatic rings. The van der Waals surface area contributed by atoms with Crippen molar-refractivity contribution in [3.05, 3.63) is 47.4 Å². The first-order valence-electron chi connectivity index (χ1n) is 7.72. The quantitative estimate of drug-likeness (QED) is 0.567. The second-order valence-corrected chi connectivity index (χ2v) is 5.86. The van der Waals surface area contributed by atoms with Crippen LogP contribution in [0.2, 0.25) is 0 Å². The van der Waals surface area contributed by atoms with E-state index in [0.717, 1.165) is 50.6 Å². The molecule has 3 aromatic heterocycles. The number of methoxy groups -OCH3 is 1. The van der Waals surface area contributed by atoms with E-state index >= 15 is 0 Å². The maximum Gasteiger partial charge on any atom is 0.183 e. The standard InChI is InChI=1S/C18H17N5O/c1-10-8-19-9-11(2)15(10)18-22-21-17-12(3)20-16-13(23(17)18)6-5-7-14(16)24-4/h5-9H,1-4H3. The number of ether oxygens (including phenoxy) is 1. The van der Waals surface area contributed by atoms with Crippen LogP contribution in [0, 0.1) is 20.8 Å². The van der Waals surface area contributed by atoms with E-state index in [1.165, 1.54) is 0 Å². The molecule has 0 radical (unpaired) electrons. The molecule has 0 fully saturated rings. The number of para-hydroxylation sites is 1. The Balaban J connectivity index is 2.20. The van der Waals surface area contributed by atoms with E-state index in [4.69, 9.17) is 4.74 Å². The Morgan fingerprint density at radius 3 is 2.46 bits per heavy atom. The Bertz CT molecular complexity index is 1060. The van der Waals surface area contributed by atoms with Crippen molar-refractivity contribution in [1.82, 2.24) is 24.6 Å². The first-order valence-corrected chi connectivity index (χ1v) is 7.72. The number of pyridine rings is 1. The van der Waals surface area contributed by atoms with E-state index in [1.54, 1.807) is 7.11 Å². The normalized spacial score (nSPS) is 11.3. The van der Waals surface area contributed by atoms with Gasteiger partial charge in [-0.3, -0.25) is 9.38 Å². The Kier molecular flexibility index (Phi) is 3.19. The number of hydrogen-bond acceptors (Lipinski definition) is 5. The summed E-state index contributed by atoms with van der Waals surface area (Å²) < 4.78 is 7.53. The lowest BCUT2D eigenvalue weighted by molar-refractivity contribution is 0.418. The monoisotopic (exact) mass is 319 g/mol. The van der Waals surface area contributed by atoms with Crippen molar-refractivity contribution in [2.45, 2.75) is 20.8 Å². The van der Waals surface area contributed by atoms with Crippen molar-refractivity contribution in [3.63, 3.8) is 0 Å². The summed E-state index contributed by atoms with van der Waals surface area (Å²) in [5.74, 6) is 1.53. The van der Waals surface area contributed by atoms with E-state index in [-0.39, 0.29) is 0 Å². The highest BCUT2D eigenvalue weighted by Gasteiger charge is 2.18. The smallest absolute Gasteiger partial charge is 0.183 e. The van der Waals surface area contributed by atoms with Gasteiger partial charge in [-0.2, -0.15) is 0 Å². The van der Waals surface area contributed by atoms with Crippen molar-refractivity contribution in [3.8, 4) is 17.1 Å². The molecule has 0 unspecified atom stereocenters. The Labute approximate surface area is 139 Å². The third-order valence-corrected chi connectivity index (χ3v) is 4.25. The molecule has 0 bridgehead atoms. The van der Waals surface area contributed by atoms with Crippen LogP contribution < -0.4 is 4.74 Å². The highest BCUT2D eigenvalue weighted by atomic mass is 16.5. The van der Waals surface area contributed by atoms with Crippen LogP contribution in [-0.4, -0.2) is 31.7 Å². The summed E-state index contributed by atoms with van der Waals surface area (Å²) in [5.41, 5.74) is 6.47. The third-order valence-electron chi connectivity index (χ3n) is 4.25. The predicted octanol–water partition coefficient (Wildman–Crippen LogP) is 3.27. The Hall–Kier alpha value is -3.02. The molecular weight excluding hydrogens is 302 g/mol.